The van der Waals surface area contributed by atoms with Crippen LogP contribution in [0.15, 0.2) is 0 Å². The normalized spacial score (nSPS) is 49.2. The van der Waals surface area contributed by atoms with Crippen LogP contribution in [0.2, 0.25) is 0 Å². The Kier molecular flexibility index (Phi) is 12.5. The van der Waals surface area contributed by atoms with Crippen LogP contribution in [-0.2, 0) is 14.2 Å². The summed E-state index contributed by atoms with van der Waals surface area (Å²) in [6.45, 7) is -0.635. The summed E-state index contributed by atoms with van der Waals surface area (Å²) in [5, 5.41) is 89.6. The minimum atomic E-state index is -1.54. The molecule has 0 bridgehead atoms. The predicted octanol–water partition coefficient (Wildman–Crippen LogP) is -7.70. The van der Waals surface area contributed by atoms with Gasteiger partial charge in [0.25, 0.3) is 0 Å². The van der Waals surface area contributed by atoms with Crippen molar-refractivity contribution in [3.05, 3.63) is 0 Å². The van der Waals surface area contributed by atoms with Gasteiger partial charge >= 0.3 is 0 Å². The Labute approximate surface area is 250 Å². The number of aliphatic hydroxyl groups excluding tert-OH is 8. The van der Waals surface area contributed by atoms with E-state index in [1.54, 1.807) is 0 Å². The third-order valence-electron chi connectivity index (χ3n) is 9.53. The lowest BCUT2D eigenvalue weighted by atomic mass is 9.71. The SMILES string of the molecule is NC1CC(CNCC2OC(C3C(N)CC(NC(CO)CO)C(OC4OC(CO)C(O)C(N)C4O)C3O)C(N)C(O)C2O)C1. The number of hydrogen-bond acceptors (Lipinski definition) is 17. The van der Waals surface area contributed by atoms with Gasteiger partial charge in [0.1, 0.15) is 36.6 Å². The van der Waals surface area contributed by atoms with Crippen molar-refractivity contribution in [2.45, 2.75) is 117 Å². The Morgan fingerprint density at radius 1 is 0.744 bits per heavy atom. The summed E-state index contributed by atoms with van der Waals surface area (Å²) >= 11 is 0. The summed E-state index contributed by atoms with van der Waals surface area (Å²) in [5.74, 6) is -0.531. The van der Waals surface area contributed by atoms with Gasteiger partial charge in [-0.1, -0.05) is 0 Å². The average molecular weight is 625 g/mol. The molecule has 15 atom stereocenters. The molecule has 2 aliphatic carbocycles. The zero-order valence-corrected chi connectivity index (χ0v) is 24.2. The van der Waals surface area contributed by atoms with Gasteiger partial charge < -0.3 is 88.6 Å². The van der Waals surface area contributed by atoms with E-state index < -0.39 is 117 Å². The highest BCUT2D eigenvalue weighted by Crippen LogP contribution is 2.37. The van der Waals surface area contributed by atoms with E-state index in [0.29, 0.717) is 12.5 Å². The van der Waals surface area contributed by atoms with Gasteiger partial charge in [0.05, 0.1) is 56.3 Å². The van der Waals surface area contributed by atoms with Crippen molar-refractivity contribution in [3.63, 3.8) is 0 Å². The summed E-state index contributed by atoms with van der Waals surface area (Å²) in [6, 6.07) is -4.56. The first-order chi connectivity index (χ1) is 20.4. The van der Waals surface area contributed by atoms with Gasteiger partial charge in [-0.25, -0.2) is 0 Å². The van der Waals surface area contributed by atoms with Gasteiger partial charge in [-0.3, -0.25) is 0 Å². The Bertz CT molecular complexity index is 858. The van der Waals surface area contributed by atoms with Crippen LogP contribution >= 0.6 is 0 Å². The van der Waals surface area contributed by atoms with E-state index in [4.69, 9.17) is 37.1 Å². The van der Waals surface area contributed by atoms with Crippen molar-refractivity contribution in [1.29, 1.82) is 0 Å². The molecule has 0 aromatic carbocycles. The summed E-state index contributed by atoms with van der Waals surface area (Å²) in [6.07, 6.45) is -11.0. The van der Waals surface area contributed by atoms with Crippen molar-refractivity contribution < 1.29 is 55.1 Å². The minimum Gasteiger partial charge on any atom is -0.395 e. The summed E-state index contributed by atoms with van der Waals surface area (Å²) < 4.78 is 17.9. The molecule has 4 fully saturated rings. The lowest BCUT2D eigenvalue weighted by Gasteiger charge is -2.52. The molecule has 2 heterocycles. The number of nitrogens with two attached hydrogens (primary N) is 4. The molecule has 0 aromatic rings. The zero-order chi connectivity index (χ0) is 31.6. The molecule has 18 N–H and O–H groups in total. The van der Waals surface area contributed by atoms with Crippen LogP contribution in [0.3, 0.4) is 0 Å². The monoisotopic (exact) mass is 624 g/mol. The topological polar surface area (TPSA) is 318 Å². The van der Waals surface area contributed by atoms with E-state index in [2.05, 4.69) is 10.6 Å². The standard InChI is InChI=1S/C26H52N6O11/c27-10-1-9(2-10)4-31-5-14-20(37)22(39)18(30)25(41-14)16-12(28)3-13(32-11(6-33)7-34)24(21(16)38)43-26-23(40)17(29)19(36)15(8-35)42-26/h9-26,31-40H,1-8,27-30H2. The average Bonchev–Trinajstić information content (AvgIpc) is 2.97. The first-order valence-electron chi connectivity index (χ1n) is 15.1. The Hall–Kier alpha value is -0.680. The number of ether oxygens (including phenoxy) is 3. The highest BCUT2D eigenvalue weighted by atomic mass is 16.7. The summed E-state index contributed by atoms with van der Waals surface area (Å²) in [7, 11) is 0. The highest BCUT2D eigenvalue weighted by molar-refractivity contribution is 5.08. The fourth-order valence-electron chi connectivity index (χ4n) is 6.83. The second-order valence-electron chi connectivity index (χ2n) is 12.6. The van der Waals surface area contributed by atoms with E-state index in [1.165, 1.54) is 0 Å². The van der Waals surface area contributed by atoms with E-state index >= 15 is 0 Å². The molecule has 43 heavy (non-hydrogen) atoms. The molecule has 17 heteroatoms. The van der Waals surface area contributed by atoms with Crippen molar-refractivity contribution >= 4 is 0 Å². The Morgan fingerprint density at radius 3 is 2.02 bits per heavy atom. The molecule has 0 amide bonds. The predicted molar refractivity (Wildman–Crippen MR) is 150 cm³/mol. The third-order valence-corrected chi connectivity index (χ3v) is 9.53. The van der Waals surface area contributed by atoms with Gasteiger partial charge in [0, 0.05) is 30.6 Å². The van der Waals surface area contributed by atoms with Gasteiger partial charge in [-0.05, 0) is 31.7 Å². The molecule has 4 rings (SSSR count). The number of hydrogen-bond donors (Lipinski definition) is 14. The minimum absolute atomic E-state index is 0.111. The lowest BCUT2D eigenvalue weighted by Crippen LogP contribution is -2.72. The quantitative estimate of drug-likeness (QED) is 0.0958. The van der Waals surface area contributed by atoms with Crippen LogP contribution in [0.5, 0.6) is 0 Å². The molecule has 17 nitrogen and oxygen atoms in total. The van der Waals surface area contributed by atoms with Crippen LogP contribution in [0, 0.1) is 11.8 Å². The first kappa shape index (κ1) is 35.2. The second-order valence-corrected chi connectivity index (χ2v) is 12.6. The van der Waals surface area contributed by atoms with Crippen LogP contribution in [0.25, 0.3) is 0 Å². The molecule has 252 valence electrons. The van der Waals surface area contributed by atoms with E-state index in [0.717, 1.165) is 12.8 Å². The number of rotatable bonds is 12. The van der Waals surface area contributed by atoms with Crippen molar-refractivity contribution in [3.8, 4) is 0 Å². The fraction of sp³-hybridized carbons (Fsp3) is 1.00. The number of nitrogens with one attached hydrogen (secondary N) is 2. The van der Waals surface area contributed by atoms with Gasteiger partial charge in [0.2, 0.25) is 0 Å². The van der Waals surface area contributed by atoms with Crippen LogP contribution < -0.4 is 33.6 Å². The summed E-state index contributed by atoms with van der Waals surface area (Å²) in [4.78, 5) is 0. The zero-order valence-electron chi connectivity index (χ0n) is 24.2. The maximum atomic E-state index is 11.8. The second kappa shape index (κ2) is 15.3. The molecule has 2 saturated heterocycles. The van der Waals surface area contributed by atoms with E-state index in [-0.39, 0.29) is 19.0 Å². The van der Waals surface area contributed by atoms with Crippen molar-refractivity contribution in [2.24, 2.45) is 34.8 Å². The molecule has 2 saturated carbocycles. The van der Waals surface area contributed by atoms with Gasteiger partial charge in [0.15, 0.2) is 6.29 Å². The smallest absolute Gasteiger partial charge is 0.186 e. The lowest BCUT2D eigenvalue weighted by molar-refractivity contribution is -0.308. The molecule has 2 aliphatic heterocycles. The highest BCUT2D eigenvalue weighted by Gasteiger charge is 2.55. The van der Waals surface area contributed by atoms with Crippen molar-refractivity contribution in [1.82, 2.24) is 10.6 Å². The fourth-order valence-corrected chi connectivity index (χ4v) is 6.83. The van der Waals surface area contributed by atoms with Crippen molar-refractivity contribution in [2.75, 3.05) is 32.9 Å². The summed E-state index contributed by atoms with van der Waals surface area (Å²) in [5.41, 5.74) is 24.7. The molecule has 0 spiro atoms. The molecular formula is C26H52N6O11. The molecule has 4 aliphatic rings. The molecule has 15 unspecified atom stereocenters. The van der Waals surface area contributed by atoms with E-state index in [9.17, 15) is 40.9 Å². The maximum absolute atomic E-state index is 11.8. The van der Waals surface area contributed by atoms with Crippen LogP contribution in [0.1, 0.15) is 19.3 Å². The molecule has 0 radical (unpaired) electrons. The molecular weight excluding hydrogens is 572 g/mol. The number of aliphatic hydroxyl groups is 8. The van der Waals surface area contributed by atoms with E-state index in [1.807, 2.05) is 0 Å². The van der Waals surface area contributed by atoms with Gasteiger partial charge in [-0.15, -0.1) is 0 Å². The first-order valence-corrected chi connectivity index (χ1v) is 15.1. The third kappa shape index (κ3) is 7.66. The Morgan fingerprint density at radius 2 is 1.42 bits per heavy atom. The Balaban J connectivity index is 1.53. The van der Waals surface area contributed by atoms with Gasteiger partial charge in [-0.2, -0.15) is 0 Å². The van der Waals surface area contributed by atoms with Crippen LogP contribution in [-0.4, -0.2) is 171 Å². The maximum Gasteiger partial charge on any atom is 0.186 e. The largest absolute Gasteiger partial charge is 0.395 e. The molecule has 0 aromatic heterocycles. The van der Waals surface area contributed by atoms with Crippen LogP contribution in [0.4, 0.5) is 0 Å².